The van der Waals surface area contributed by atoms with Crippen LogP contribution in [0, 0.1) is 5.41 Å². The van der Waals surface area contributed by atoms with Crippen LogP contribution in [0.15, 0.2) is 29.3 Å². The highest BCUT2D eigenvalue weighted by Crippen LogP contribution is 2.41. The van der Waals surface area contributed by atoms with Crippen LogP contribution in [-0.4, -0.2) is 23.3 Å². The van der Waals surface area contributed by atoms with Crippen LogP contribution in [-0.2, 0) is 9.59 Å². The average molecular weight is 333 g/mol. The van der Waals surface area contributed by atoms with Crippen LogP contribution in [0.1, 0.15) is 44.5 Å². The second kappa shape index (κ2) is 7.55. The van der Waals surface area contributed by atoms with Gasteiger partial charge in [-0.2, -0.15) is 0 Å². The van der Waals surface area contributed by atoms with Gasteiger partial charge in [-0.25, -0.2) is 4.98 Å². The molecule has 2 rings (SSSR count). The molecule has 6 heteroatoms. The molecule has 1 aromatic heterocycles. The smallest absolute Gasteiger partial charge is 0.244 e. The summed E-state index contributed by atoms with van der Waals surface area (Å²) in [5.41, 5.74) is 6.07. The minimum Gasteiger partial charge on any atom is -0.366 e. The van der Waals surface area contributed by atoms with Crippen LogP contribution in [0.3, 0.4) is 0 Å². The highest BCUT2D eigenvalue weighted by molar-refractivity contribution is 7.10. The van der Waals surface area contributed by atoms with E-state index in [4.69, 9.17) is 5.73 Å². The third kappa shape index (κ3) is 3.88. The topological polar surface area (TPSA) is 85.1 Å². The number of primary amides is 1. The predicted molar refractivity (Wildman–Crippen MR) is 92.6 cm³/mol. The summed E-state index contributed by atoms with van der Waals surface area (Å²) in [6.07, 6.45) is 8.17. The number of thiazole rings is 1. The molecule has 0 saturated heterocycles. The number of rotatable bonds is 7. The molecule has 3 N–H and O–H groups in total. The Labute approximate surface area is 140 Å². The van der Waals surface area contributed by atoms with Gasteiger partial charge in [-0.3, -0.25) is 9.59 Å². The number of aromatic nitrogens is 1. The van der Waals surface area contributed by atoms with Crippen molar-refractivity contribution >= 4 is 28.7 Å². The van der Waals surface area contributed by atoms with Crippen molar-refractivity contribution in [3.05, 3.63) is 34.3 Å². The first-order chi connectivity index (χ1) is 11.0. The monoisotopic (exact) mass is 333 g/mol. The quantitative estimate of drug-likeness (QED) is 0.804. The Kier molecular flexibility index (Phi) is 5.71. The fourth-order valence-corrected chi connectivity index (χ4v) is 3.52. The average Bonchev–Trinajstić information content (AvgIpc) is 3.07. The second-order valence-corrected chi connectivity index (χ2v) is 6.70. The minimum atomic E-state index is -0.732. The number of carbonyl (C=O) groups excluding carboxylic acids is 2. The lowest BCUT2D eigenvalue weighted by Crippen LogP contribution is -2.42. The maximum Gasteiger partial charge on any atom is 0.244 e. The third-order valence-electron chi connectivity index (χ3n) is 3.95. The maximum absolute atomic E-state index is 12.8. The molecule has 1 unspecified atom stereocenters. The Bertz CT molecular complexity index is 634. The van der Waals surface area contributed by atoms with E-state index in [1.54, 1.807) is 12.3 Å². The van der Waals surface area contributed by atoms with Crippen molar-refractivity contribution in [3.8, 4) is 0 Å². The molecule has 5 nitrogen and oxygen atoms in total. The van der Waals surface area contributed by atoms with Crippen LogP contribution >= 0.6 is 11.3 Å². The molecule has 2 amide bonds. The van der Waals surface area contributed by atoms with Gasteiger partial charge in [-0.05, 0) is 25.3 Å². The van der Waals surface area contributed by atoms with Crippen LogP contribution in [0.5, 0.6) is 0 Å². The van der Waals surface area contributed by atoms with Crippen molar-refractivity contribution in [3.63, 3.8) is 0 Å². The Morgan fingerprint density at radius 1 is 1.39 bits per heavy atom. The van der Waals surface area contributed by atoms with Crippen molar-refractivity contribution in [2.75, 3.05) is 6.54 Å². The van der Waals surface area contributed by atoms with Gasteiger partial charge < -0.3 is 11.1 Å². The molecule has 0 fully saturated rings. The summed E-state index contributed by atoms with van der Waals surface area (Å²) >= 11 is 1.48. The molecule has 0 radical (unpaired) electrons. The molecule has 1 atom stereocenters. The van der Waals surface area contributed by atoms with E-state index >= 15 is 0 Å². The lowest BCUT2D eigenvalue weighted by molar-refractivity contribution is -0.129. The highest BCUT2D eigenvalue weighted by atomic mass is 32.1. The van der Waals surface area contributed by atoms with Crippen molar-refractivity contribution in [2.45, 2.75) is 39.5 Å². The zero-order valence-electron chi connectivity index (χ0n) is 13.6. The molecular formula is C17H23N3O2S. The van der Waals surface area contributed by atoms with Gasteiger partial charge in [0.1, 0.15) is 5.01 Å². The number of carbonyl (C=O) groups is 2. The van der Waals surface area contributed by atoms with Gasteiger partial charge in [-0.15, -0.1) is 11.3 Å². The SMILES string of the molecule is CCCNC(=O)C1(CCC)C=C(c2nccs2)C=C(C(N)=O)C1. The van der Waals surface area contributed by atoms with Crippen LogP contribution < -0.4 is 11.1 Å². The Balaban J connectivity index is 2.46. The van der Waals surface area contributed by atoms with E-state index in [1.807, 2.05) is 25.3 Å². The van der Waals surface area contributed by atoms with E-state index in [9.17, 15) is 9.59 Å². The van der Waals surface area contributed by atoms with Crippen molar-refractivity contribution in [1.29, 1.82) is 0 Å². The Morgan fingerprint density at radius 2 is 2.17 bits per heavy atom. The van der Waals surface area contributed by atoms with E-state index in [2.05, 4.69) is 10.3 Å². The first-order valence-electron chi connectivity index (χ1n) is 7.94. The molecule has 1 aliphatic rings. The standard InChI is InChI=1S/C17H23N3O2S/c1-3-5-17(16(22)20-6-4-2)10-12(14(18)21)9-13(11-17)15-19-7-8-23-15/h7-9,11H,3-6,10H2,1-2H3,(H2,18,21)(H,20,22). The van der Waals surface area contributed by atoms with Crippen molar-refractivity contribution < 1.29 is 9.59 Å². The molecular weight excluding hydrogens is 310 g/mol. The van der Waals surface area contributed by atoms with Crippen molar-refractivity contribution in [2.24, 2.45) is 11.1 Å². The zero-order chi connectivity index (χ0) is 16.9. The normalized spacial score (nSPS) is 20.6. The van der Waals surface area contributed by atoms with Gasteiger partial charge in [-0.1, -0.05) is 26.3 Å². The summed E-state index contributed by atoms with van der Waals surface area (Å²) in [5, 5.41) is 5.65. The predicted octanol–water partition coefficient (Wildman–Crippen LogP) is 2.65. The minimum absolute atomic E-state index is 0.0397. The van der Waals surface area contributed by atoms with E-state index < -0.39 is 11.3 Å². The number of nitrogens with two attached hydrogens (primary N) is 1. The summed E-state index contributed by atoms with van der Waals surface area (Å²) in [5.74, 6) is -0.516. The fourth-order valence-electron chi connectivity index (χ4n) is 2.90. The van der Waals surface area contributed by atoms with E-state index in [-0.39, 0.29) is 5.91 Å². The molecule has 0 bridgehead atoms. The molecule has 0 aromatic carbocycles. The van der Waals surface area contributed by atoms with Crippen LogP contribution in [0.25, 0.3) is 5.57 Å². The van der Waals surface area contributed by atoms with Gasteiger partial charge in [0, 0.05) is 29.3 Å². The largest absolute Gasteiger partial charge is 0.366 e. The molecule has 0 saturated carbocycles. The van der Waals surface area contributed by atoms with Crippen LogP contribution in [0.4, 0.5) is 0 Å². The molecule has 1 heterocycles. The first kappa shape index (κ1) is 17.4. The Hall–Kier alpha value is -1.95. The van der Waals surface area contributed by atoms with Gasteiger partial charge >= 0.3 is 0 Å². The molecule has 1 aliphatic carbocycles. The first-order valence-corrected chi connectivity index (χ1v) is 8.81. The molecule has 1 aromatic rings. The fraction of sp³-hybridized carbons (Fsp3) is 0.471. The summed E-state index contributed by atoms with van der Waals surface area (Å²) in [6, 6.07) is 0. The number of hydrogen-bond donors (Lipinski definition) is 2. The molecule has 124 valence electrons. The van der Waals surface area contributed by atoms with Crippen molar-refractivity contribution in [1.82, 2.24) is 10.3 Å². The van der Waals surface area contributed by atoms with E-state index in [1.165, 1.54) is 11.3 Å². The summed E-state index contributed by atoms with van der Waals surface area (Å²) in [6.45, 7) is 4.67. The zero-order valence-corrected chi connectivity index (χ0v) is 14.4. The maximum atomic E-state index is 12.8. The third-order valence-corrected chi connectivity index (χ3v) is 4.77. The Morgan fingerprint density at radius 3 is 2.74 bits per heavy atom. The van der Waals surface area contributed by atoms with Gasteiger partial charge in [0.15, 0.2) is 0 Å². The van der Waals surface area contributed by atoms with Gasteiger partial charge in [0.05, 0.1) is 5.41 Å². The number of hydrogen-bond acceptors (Lipinski definition) is 4. The number of allylic oxidation sites excluding steroid dienone is 2. The molecule has 0 aliphatic heterocycles. The van der Waals surface area contributed by atoms with Gasteiger partial charge in [0.2, 0.25) is 11.8 Å². The van der Waals surface area contributed by atoms with Crippen LogP contribution in [0.2, 0.25) is 0 Å². The lowest BCUT2D eigenvalue weighted by atomic mass is 9.72. The molecule has 0 spiro atoms. The highest BCUT2D eigenvalue weighted by Gasteiger charge is 2.40. The number of nitrogens with one attached hydrogen (secondary N) is 1. The second-order valence-electron chi connectivity index (χ2n) is 5.81. The summed E-state index contributed by atoms with van der Waals surface area (Å²) in [4.78, 5) is 28.9. The number of nitrogens with zero attached hydrogens (tertiary/aromatic N) is 1. The van der Waals surface area contributed by atoms with E-state index in [0.29, 0.717) is 25.0 Å². The summed E-state index contributed by atoms with van der Waals surface area (Å²) in [7, 11) is 0. The van der Waals surface area contributed by atoms with Gasteiger partial charge in [0.25, 0.3) is 0 Å². The molecule has 23 heavy (non-hydrogen) atoms. The summed E-state index contributed by atoms with van der Waals surface area (Å²) < 4.78 is 0. The number of amides is 2. The lowest BCUT2D eigenvalue weighted by Gasteiger charge is -2.33. The van der Waals surface area contributed by atoms with E-state index in [0.717, 1.165) is 23.4 Å².